The van der Waals surface area contributed by atoms with Gasteiger partial charge in [-0.05, 0) is 52.1 Å². The average Bonchev–Trinajstić information content (AvgIpc) is 3.79. The highest BCUT2D eigenvalue weighted by atomic mass is 32.1. The SMILES string of the molecule is CC1(C)c2ccccc2-c2c(-c3cc4c(c5ccccc5n4-c4nc(-c5ccccc5)c5cccnc5n4)c4nsnc34)cccc21. The molecule has 5 aromatic carbocycles. The predicted octanol–water partition coefficient (Wildman–Crippen LogP) is 9.77. The van der Waals surface area contributed by atoms with Crippen LogP contribution in [0.2, 0.25) is 0 Å². The van der Waals surface area contributed by atoms with Crippen molar-refractivity contribution >= 4 is 55.6 Å². The molecule has 10 rings (SSSR count). The standard InChI is InChI=1S/C40H26N6S/c1-40(2)29-18-8-6-14-25(29)33-24(16-10-19-30(33)40)28-22-32-34(37-36(28)44-47-45-37)26-15-7-9-20-31(26)46(32)39-42-35(23-12-4-3-5-13-23)27-17-11-21-41-38(27)43-39/h3-22H,1-2H3. The molecule has 47 heavy (non-hydrogen) atoms. The van der Waals surface area contributed by atoms with E-state index in [0.717, 1.165) is 60.6 Å². The number of para-hydroxylation sites is 1. The maximum atomic E-state index is 5.27. The van der Waals surface area contributed by atoms with E-state index < -0.39 is 0 Å². The topological polar surface area (TPSA) is 69.4 Å². The van der Waals surface area contributed by atoms with E-state index in [4.69, 9.17) is 23.7 Å². The first-order chi connectivity index (χ1) is 23.1. The second-order valence-corrected chi connectivity index (χ2v) is 13.2. The monoisotopic (exact) mass is 622 g/mol. The summed E-state index contributed by atoms with van der Waals surface area (Å²) in [6.45, 7) is 4.63. The van der Waals surface area contributed by atoms with Crippen LogP contribution in [0.25, 0.3) is 83.3 Å². The Labute approximate surface area is 274 Å². The molecule has 0 spiro atoms. The van der Waals surface area contributed by atoms with Crippen LogP contribution in [-0.2, 0) is 5.41 Å². The number of hydrogen-bond donors (Lipinski definition) is 0. The Bertz CT molecular complexity index is 2720. The van der Waals surface area contributed by atoms with Gasteiger partial charge in [0.05, 0.1) is 28.5 Å². The fraction of sp³-hybridized carbons (Fsp3) is 0.0750. The third kappa shape index (κ3) is 3.63. The summed E-state index contributed by atoms with van der Waals surface area (Å²) in [5.41, 5.74) is 13.6. The zero-order valence-electron chi connectivity index (χ0n) is 25.6. The minimum Gasteiger partial charge on any atom is -0.278 e. The molecule has 0 atom stereocenters. The Morgan fingerprint density at radius 2 is 1.36 bits per heavy atom. The van der Waals surface area contributed by atoms with Crippen molar-refractivity contribution in [1.82, 2.24) is 28.3 Å². The summed E-state index contributed by atoms with van der Waals surface area (Å²) in [6, 6.07) is 40.4. The lowest BCUT2D eigenvalue weighted by Crippen LogP contribution is -2.14. The maximum Gasteiger partial charge on any atom is 0.237 e. The molecule has 0 radical (unpaired) electrons. The Balaban J connectivity index is 1.34. The third-order valence-electron chi connectivity index (χ3n) is 9.78. The Morgan fingerprint density at radius 3 is 2.28 bits per heavy atom. The van der Waals surface area contributed by atoms with Crippen molar-refractivity contribution in [1.29, 1.82) is 0 Å². The highest BCUT2D eigenvalue weighted by Crippen LogP contribution is 2.53. The van der Waals surface area contributed by atoms with Gasteiger partial charge in [-0.25, -0.2) is 9.97 Å². The lowest BCUT2D eigenvalue weighted by Gasteiger charge is -2.21. The fourth-order valence-corrected chi connectivity index (χ4v) is 8.21. The maximum absolute atomic E-state index is 5.27. The first-order valence-corrected chi connectivity index (χ1v) is 16.4. The quantitative estimate of drug-likeness (QED) is 0.196. The van der Waals surface area contributed by atoms with E-state index in [-0.39, 0.29) is 5.41 Å². The molecule has 0 unspecified atom stereocenters. The summed E-state index contributed by atoms with van der Waals surface area (Å²) in [5.74, 6) is 0.569. The van der Waals surface area contributed by atoms with Crippen LogP contribution in [0.3, 0.4) is 0 Å². The Kier molecular flexibility index (Phi) is 5.40. The van der Waals surface area contributed by atoms with Gasteiger partial charge in [0, 0.05) is 38.9 Å². The van der Waals surface area contributed by atoms with Crippen LogP contribution in [0.15, 0.2) is 121 Å². The number of rotatable bonds is 3. The van der Waals surface area contributed by atoms with Crippen LogP contribution in [0.4, 0.5) is 0 Å². The summed E-state index contributed by atoms with van der Waals surface area (Å²) < 4.78 is 12.0. The number of pyridine rings is 1. The van der Waals surface area contributed by atoms with Crippen LogP contribution in [0.5, 0.6) is 0 Å². The number of benzene rings is 5. The predicted molar refractivity (Wildman–Crippen MR) is 191 cm³/mol. The Hall–Kier alpha value is -5.79. The molecule has 0 bridgehead atoms. The van der Waals surface area contributed by atoms with Crippen molar-refractivity contribution in [2.45, 2.75) is 19.3 Å². The van der Waals surface area contributed by atoms with Crippen LogP contribution >= 0.6 is 11.7 Å². The second kappa shape index (κ2) is 9.61. The van der Waals surface area contributed by atoms with Crippen molar-refractivity contribution < 1.29 is 0 Å². The summed E-state index contributed by atoms with van der Waals surface area (Å²) in [4.78, 5) is 15.1. The van der Waals surface area contributed by atoms with Crippen LogP contribution in [0, 0.1) is 0 Å². The van der Waals surface area contributed by atoms with Crippen molar-refractivity contribution in [2.24, 2.45) is 0 Å². The van der Waals surface area contributed by atoms with Gasteiger partial charge in [0.25, 0.3) is 0 Å². The lowest BCUT2D eigenvalue weighted by atomic mass is 9.82. The second-order valence-electron chi connectivity index (χ2n) is 12.6. The molecule has 0 saturated heterocycles. The molecule has 1 aliphatic rings. The molecule has 7 heteroatoms. The van der Waals surface area contributed by atoms with Gasteiger partial charge in [-0.3, -0.25) is 4.57 Å². The summed E-state index contributed by atoms with van der Waals surface area (Å²) in [7, 11) is 0. The van der Waals surface area contributed by atoms with E-state index in [9.17, 15) is 0 Å². The zero-order chi connectivity index (χ0) is 31.3. The Morgan fingerprint density at radius 1 is 0.617 bits per heavy atom. The van der Waals surface area contributed by atoms with E-state index in [1.807, 2.05) is 30.3 Å². The average molecular weight is 623 g/mol. The zero-order valence-corrected chi connectivity index (χ0v) is 26.5. The minimum absolute atomic E-state index is 0.111. The highest BCUT2D eigenvalue weighted by Gasteiger charge is 2.37. The van der Waals surface area contributed by atoms with E-state index >= 15 is 0 Å². The molecule has 6 nitrogen and oxygen atoms in total. The fourth-order valence-electron chi connectivity index (χ4n) is 7.65. The first-order valence-electron chi connectivity index (χ1n) is 15.7. The van der Waals surface area contributed by atoms with Gasteiger partial charge in [0.1, 0.15) is 11.0 Å². The van der Waals surface area contributed by atoms with Gasteiger partial charge in [0.15, 0.2) is 5.65 Å². The van der Waals surface area contributed by atoms with E-state index in [1.54, 1.807) is 6.20 Å². The van der Waals surface area contributed by atoms with Gasteiger partial charge < -0.3 is 0 Å². The normalized spacial score (nSPS) is 13.5. The number of fused-ring (bicyclic) bond motifs is 9. The van der Waals surface area contributed by atoms with Crippen LogP contribution in [0.1, 0.15) is 25.0 Å². The molecule has 4 aromatic heterocycles. The van der Waals surface area contributed by atoms with Crippen molar-refractivity contribution in [2.75, 3.05) is 0 Å². The molecule has 0 N–H and O–H groups in total. The molecule has 0 amide bonds. The van der Waals surface area contributed by atoms with E-state index in [2.05, 4.69) is 103 Å². The van der Waals surface area contributed by atoms with Gasteiger partial charge in [-0.1, -0.05) is 105 Å². The van der Waals surface area contributed by atoms with Crippen molar-refractivity contribution in [3.63, 3.8) is 0 Å². The molecule has 9 aromatic rings. The highest BCUT2D eigenvalue weighted by molar-refractivity contribution is 7.00. The molecule has 0 aliphatic heterocycles. The summed E-state index contributed by atoms with van der Waals surface area (Å²) in [6.07, 6.45) is 1.79. The van der Waals surface area contributed by atoms with Gasteiger partial charge >= 0.3 is 0 Å². The molecular weight excluding hydrogens is 597 g/mol. The molecule has 0 saturated carbocycles. The number of hydrogen-bond acceptors (Lipinski definition) is 6. The molecule has 1 aliphatic carbocycles. The van der Waals surface area contributed by atoms with Crippen molar-refractivity contribution in [3.05, 3.63) is 133 Å². The van der Waals surface area contributed by atoms with Gasteiger partial charge in [0.2, 0.25) is 5.95 Å². The molecule has 0 fully saturated rings. The smallest absolute Gasteiger partial charge is 0.237 e. The third-order valence-corrected chi connectivity index (χ3v) is 10.3. The van der Waals surface area contributed by atoms with Crippen LogP contribution in [-0.4, -0.2) is 28.3 Å². The van der Waals surface area contributed by atoms with Crippen molar-refractivity contribution in [3.8, 4) is 39.5 Å². The van der Waals surface area contributed by atoms with Gasteiger partial charge in [-0.2, -0.15) is 13.7 Å². The molecule has 4 heterocycles. The number of aromatic nitrogens is 6. The van der Waals surface area contributed by atoms with Crippen LogP contribution < -0.4 is 0 Å². The van der Waals surface area contributed by atoms with Gasteiger partial charge in [-0.15, -0.1) is 0 Å². The number of nitrogens with zero attached hydrogens (tertiary/aromatic N) is 6. The molecular formula is C40H26N6S. The minimum atomic E-state index is -0.111. The first kappa shape index (κ1) is 26.4. The summed E-state index contributed by atoms with van der Waals surface area (Å²) in [5, 5.41) is 3.05. The summed E-state index contributed by atoms with van der Waals surface area (Å²) >= 11 is 1.26. The largest absolute Gasteiger partial charge is 0.278 e. The lowest BCUT2D eigenvalue weighted by molar-refractivity contribution is 0.660. The van der Waals surface area contributed by atoms with E-state index in [1.165, 1.54) is 34.0 Å². The van der Waals surface area contributed by atoms with E-state index in [0.29, 0.717) is 11.6 Å². The molecule has 222 valence electrons.